The molecule has 0 bridgehead atoms. The van der Waals surface area contributed by atoms with E-state index >= 15 is 0 Å². The van der Waals surface area contributed by atoms with Crippen LogP contribution in [-0.4, -0.2) is 42.2 Å². The predicted molar refractivity (Wildman–Crippen MR) is 155 cm³/mol. The van der Waals surface area contributed by atoms with Crippen molar-refractivity contribution in [2.75, 3.05) is 25.6 Å². The van der Waals surface area contributed by atoms with E-state index in [1.807, 2.05) is 39.0 Å². The molecule has 0 saturated carbocycles. The largest absolute Gasteiger partial charge is 0.495 e. The van der Waals surface area contributed by atoms with E-state index < -0.39 is 17.2 Å². The monoisotopic (exact) mass is 566 g/mol. The van der Waals surface area contributed by atoms with Crippen LogP contribution >= 0.6 is 11.6 Å². The fraction of sp³-hybridized carbons (Fsp3) is 0.387. The molecule has 0 fully saturated rings. The molecule has 0 radical (unpaired) electrons. The van der Waals surface area contributed by atoms with E-state index in [9.17, 15) is 14.4 Å². The Morgan fingerprint density at radius 1 is 1.10 bits per heavy atom. The summed E-state index contributed by atoms with van der Waals surface area (Å²) in [5.74, 6) is -0.215. The number of carbonyl (C=O) groups excluding carboxylic acids is 2. The van der Waals surface area contributed by atoms with Crippen LogP contribution < -0.4 is 15.6 Å². The van der Waals surface area contributed by atoms with Gasteiger partial charge in [-0.25, -0.2) is 0 Å². The number of nitrogens with one attached hydrogen (secondary N) is 1. The molecule has 8 nitrogen and oxygen atoms in total. The van der Waals surface area contributed by atoms with Gasteiger partial charge in [-0.15, -0.1) is 0 Å². The second kappa shape index (κ2) is 12.4. The molecule has 1 unspecified atom stereocenters. The maximum atomic E-state index is 13.7. The van der Waals surface area contributed by atoms with Crippen LogP contribution in [0.2, 0.25) is 5.02 Å². The molecule has 0 aliphatic carbocycles. The molecule has 0 spiro atoms. The third-order valence-corrected chi connectivity index (χ3v) is 6.96. The van der Waals surface area contributed by atoms with Gasteiger partial charge in [0.15, 0.2) is 5.78 Å². The number of halogens is 1. The minimum atomic E-state index is -0.892. The van der Waals surface area contributed by atoms with Gasteiger partial charge < -0.3 is 19.5 Å². The Hall–Kier alpha value is -3.46. The summed E-state index contributed by atoms with van der Waals surface area (Å²) in [5, 5.41) is 3.38. The van der Waals surface area contributed by atoms with E-state index in [1.54, 1.807) is 18.2 Å². The number of methoxy groups -OCH3 is 1. The highest BCUT2D eigenvalue weighted by molar-refractivity contribution is 6.31. The number of aromatic nitrogens is 1. The van der Waals surface area contributed by atoms with Gasteiger partial charge in [0.2, 0.25) is 5.91 Å². The molecule has 9 heteroatoms. The highest BCUT2D eigenvalue weighted by Gasteiger charge is 2.26. The maximum absolute atomic E-state index is 13.7. The molecular weight excluding hydrogens is 532 g/mol. The fourth-order valence-corrected chi connectivity index (χ4v) is 4.91. The fourth-order valence-electron chi connectivity index (χ4n) is 4.74. The number of ether oxygens (including phenoxy) is 3. The van der Waals surface area contributed by atoms with Crippen molar-refractivity contribution in [1.82, 2.24) is 4.57 Å². The molecule has 4 rings (SSSR count). The van der Waals surface area contributed by atoms with Gasteiger partial charge in [0.25, 0.3) is 5.56 Å². The number of nitrogens with zero attached hydrogens (tertiary/aromatic N) is 1. The zero-order valence-corrected chi connectivity index (χ0v) is 24.3. The molecule has 3 aromatic rings. The van der Waals surface area contributed by atoms with Crippen LogP contribution in [0.15, 0.2) is 53.5 Å². The van der Waals surface area contributed by atoms with E-state index in [2.05, 4.69) is 5.32 Å². The number of benzene rings is 2. The lowest BCUT2D eigenvalue weighted by atomic mass is 9.97. The van der Waals surface area contributed by atoms with E-state index in [4.69, 9.17) is 25.8 Å². The molecule has 40 heavy (non-hydrogen) atoms. The molecular formula is C31H35ClN2O6. The van der Waals surface area contributed by atoms with Crippen molar-refractivity contribution in [2.24, 2.45) is 0 Å². The molecule has 2 aromatic carbocycles. The zero-order chi connectivity index (χ0) is 29.0. The lowest BCUT2D eigenvalue weighted by molar-refractivity contribution is -0.120. The van der Waals surface area contributed by atoms with E-state index in [0.717, 1.165) is 12.0 Å². The van der Waals surface area contributed by atoms with Gasteiger partial charge in [-0.1, -0.05) is 17.7 Å². The molecule has 1 aliphatic heterocycles. The number of pyridine rings is 1. The van der Waals surface area contributed by atoms with Gasteiger partial charge in [-0.3, -0.25) is 19.0 Å². The van der Waals surface area contributed by atoms with Crippen molar-refractivity contribution in [3.63, 3.8) is 0 Å². The van der Waals surface area contributed by atoms with Crippen LogP contribution in [0, 0.1) is 0 Å². The number of hydrogen-bond donors (Lipinski definition) is 1. The second-order valence-corrected chi connectivity index (χ2v) is 11.2. The van der Waals surface area contributed by atoms with Gasteiger partial charge in [0.05, 0.1) is 32.1 Å². The van der Waals surface area contributed by atoms with Crippen molar-refractivity contribution >= 4 is 29.0 Å². The van der Waals surface area contributed by atoms with Crippen molar-refractivity contribution in [3.8, 4) is 16.9 Å². The topological polar surface area (TPSA) is 95.9 Å². The Kier molecular flexibility index (Phi) is 9.13. The van der Waals surface area contributed by atoms with Crippen LogP contribution in [0.1, 0.15) is 61.6 Å². The number of fused-ring (bicyclic) bond motifs is 1. The Bertz CT molecular complexity index is 1470. The lowest BCUT2D eigenvalue weighted by Gasteiger charge is -2.25. The summed E-state index contributed by atoms with van der Waals surface area (Å²) in [6.45, 7) is 8.66. The summed E-state index contributed by atoms with van der Waals surface area (Å²) in [4.78, 5) is 39.5. The number of rotatable bonds is 9. The standard InChI is InChI=1S/C31H35ClN2O6/c1-19(35)24-9-7-22(32)15-25(24)26-16-29(36)34(17-28(26)38-5)27(11-13-40-31(2,3)4)30(37)33-23-8-6-20-10-12-39-18-21(20)14-23/h6-9,14-17,27H,10-13,18H2,1-5H3,(H,33,37). The highest BCUT2D eigenvalue weighted by Crippen LogP contribution is 2.34. The summed E-state index contributed by atoms with van der Waals surface area (Å²) in [6, 6.07) is 11.1. The third-order valence-electron chi connectivity index (χ3n) is 6.73. The Balaban J connectivity index is 1.73. The van der Waals surface area contributed by atoms with Crippen molar-refractivity contribution in [2.45, 2.75) is 58.8 Å². The van der Waals surface area contributed by atoms with E-state index in [-0.39, 0.29) is 24.7 Å². The molecule has 1 aliphatic rings. The molecule has 1 amide bonds. The van der Waals surface area contributed by atoms with Gasteiger partial charge in [0.1, 0.15) is 11.8 Å². The van der Waals surface area contributed by atoms with Gasteiger partial charge in [-0.2, -0.15) is 0 Å². The minimum absolute atomic E-state index is 0.176. The predicted octanol–water partition coefficient (Wildman–Crippen LogP) is 5.84. The molecule has 212 valence electrons. The summed E-state index contributed by atoms with van der Waals surface area (Å²) >= 11 is 6.24. The maximum Gasteiger partial charge on any atom is 0.252 e. The van der Waals surface area contributed by atoms with Crippen LogP contribution in [-0.2, 0) is 27.3 Å². The summed E-state index contributed by atoms with van der Waals surface area (Å²) in [5.41, 5.74) is 3.30. The highest BCUT2D eigenvalue weighted by atomic mass is 35.5. The first-order valence-corrected chi connectivity index (χ1v) is 13.6. The number of amides is 1. The Labute approximate surface area is 239 Å². The smallest absolute Gasteiger partial charge is 0.252 e. The van der Waals surface area contributed by atoms with Crippen LogP contribution in [0.4, 0.5) is 5.69 Å². The van der Waals surface area contributed by atoms with Crippen molar-refractivity contribution in [3.05, 3.63) is 80.7 Å². The SMILES string of the molecule is COc1cn(C(CCOC(C)(C)C)C(=O)Nc2ccc3c(c2)COCC3)c(=O)cc1-c1cc(Cl)ccc1C(C)=O. The van der Waals surface area contributed by atoms with E-state index in [1.165, 1.54) is 36.4 Å². The first kappa shape index (κ1) is 29.5. The zero-order valence-electron chi connectivity index (χ0n) is 23.5. The van der Waals surface area contributed by atoms with Crippen LogP contribution in [0.3, 0.4) is 0 Å². The molecule has 1 aromatic heterocycles. The molecule has 2 heterocycles. The minimum Gasteiger partial charge on any atom is -0.495 e. The van der Waals surface area contributed by atoms with Crippen LogP contribution in [0.25, 0.3) is 11.1 Å². The quantitative estimate of drug-likeness (QED) is 0.327. The summed E-state index contributed by atoms with van der Waals surface area (Å²) < 4.78 is 18.5. The lowest BCUT2D eigenvalue weighted by Crippen LogP contribution is -2.34. The van der Waals surface area contributed by atoms with Gasteiger partial charge in [0, 0.05) is 40.9 Å². The number of Topliss-reactive ketones (excluding diaryl/α,β-unsaturated/α-hetero) is 1. The number of carbonyl (C=O) groups is 2. The van der Waals surface area contributed by atoms with Gasteiger partial charge in [-0.05, 0) is 81.1 Å². The molecule has 1 atom stereocenters. The molecule has 0 saturated heterocycles. The average Bonchev–Trinajstić information content (AvgIpc) is 2.90. The molecule has 1 N–H and O–H groups in total. The first-order chi connectivity index (χ1) is 19.0. The Morgan fingerprint density at radius 3 is 2.58 bits per heavy atom. The van der Waals surface area contributed by atoms with Crippen LogP contribution in [0.5, 0.6) is 5.75 Å². The number of anilines is 1. The second-order valence-electron chi connectivity index (χ2n) is 10.8. The van der Waals surface area contributed by atoms with Crippen molar-refractivity contribution < 1.29 is 23.8 Å². The average molecular weight is 567 g/mol. The normalized spacial score (nSPS) is 13.8. The van der Waals surface area contributed by atoms with E-state index in [0.29, 0.717) is 46.4 Å². The Morgan fingerprint density at radius 2 is 1.88 bits per heavy atom. The van der Waals surface area contributed by atoms with Gasteiger partial charge >= 0.3 is 0 Å². The number of ketones is 1. The number of hydrogen-bond acceptors (Lipinski definition) is 6. The third kappa shape index (κ3) is 6.99. The summed E-state index contributed by atoms with van der Waals surface area (Å²) in [7, 11) is 1.47. The first-order valence-electron chi connectivity index (χ1n) is 13.2. The summed E-state index contributed by atoms with van der Waals surface area (Å²) in [6.07, 6.45) is 2.58. The van der Waals surface area contributed by atoms with Crippen molar-refractivity contribution in [1.29, 1.82) is 0 Å².